The molecular formula is C13H20Cl2N2O3. The van der Waals surface area contributed by atoms with E-state index in [1.165, 1.54) is 7.11 Å². The Morgan fingerprint density at radius 1 is 1.50 bits per heavy atom. The second-order valence-corrected chi connectivity index (χ2v) is 4.37. The number of rotatable bonds is 7. The number of carbonyl (C=O) groups excluding carboxylic acids is 1. The fourth-order valence-electron chi connectivity index (χ4n) is 1.46. The molecule has 20 heavy (non-hydrogen) atoms. The lowest BCUT2D eigenvalue weighted by Crippen LogP contribution is -2.36. The molecule has 0 fully saturated rings. The maximum atomic E-state index is 11.9. The summed E-state index contributed by atoms with van der Waals surface area (Å²) in [5, 5.41) is 3.22. The van der Waals surface area contributed by atoms with Crippen molar-refractivity contribution < 1.29 is 14.3 Å². The van der Waals surface area contributed by atoms with E-state index in [1.54, 1.807) is 18.2 Å². The highest BCUT2D eigenvalue weighted by Crippen LogP contribution is 2.28. The molecule has 0 aliphatic heterocycles. The molecule has 1 rings (SSSR count). The van der Waals surface area contributed by atoms with E-state index in [0.29, 0.717) is 23.1 Å². The molecule has 1 amide bonds. The minimum absolute atomic E-state index is 0. The number of benzene rings is 1. The molecule has 0 spiro atoms. The lowest BCUT2D eigenvalue weighted by Gasteiger charge is -2.16. The Labute approximate surface area is 130 Å². The van der Waals surface area contributed by atoms with Crippen LogP contribution in [0.15, 0.2) is 18.2 Å². The van der Waals surface area contributed by atoms with E-state index in [1.807, 2.05) is 6.92 Å². The molecule has 0 aliphatic rings. The quantitative estimate of drug-likeness (QED) is 0.808. The molecule has 0 heterocycles. The van der Waals surface area contributed by atoms with Crippen LogP contribution in [0.5, 0.6) is 5.75 Å². The number of hydrogen-bond donors (Lipinski definition) is 2. The van der Waals surface area contributed by atoms with E-state index >= 15 is 0 Å². The number of anilines is 1. The van der Waals surface area contributed by atoms with Crippen LogP contribution in [-0.2, 0) is 9.53 Å². The van der Waals surface area contributed by atoms with Gasteiger partial charge in [-0.1, -0.05) is 18.5 Å². The van der Waals surface area contributed by atoms with Crippen molar-refractivity contribution in [1.29, 1.82) is 0 Å². The molecule has 1 aromatic carbocycles. The number of nitrogens with one attached hydrogen (secondary N) is 1. The fraction of sp³-hybridized carbons (Fsp3) is 0.462. The minimum Gasteiger partial charge on any atom is -0.491 e. The van der Waals surface area contributed by atoms with Crippen LogP contribution in [0.3, 0.4) is 0 Å². The van der Waals surface area contributed by atoms with Gasteiger partial charge in [0.25, 0.3) is 5.91 Å². The van der Waals surface area contributed by atoms with Gasteiger partial charge in [0, 0.05) is 18.7 Å². The number of halogens is 2. The molecule has 3 N–H and O–H groups in total. The van der Waals surface area contributed by atoms with Crippen LogP contribution >= 0.6 is 24.0 Å². The van der Waals surface area contributed by atoms with Crippen molar-refractivity contribution in [1.82, 2.24) is 0 Å². The van der Waals surface area contributed by atoms with Gasteiger partial charge in [-0.2, -0.15) is 0 Å². The molecule has 0 aliphatic carbocycles. The van der Waals surface area contributed by atoms with Crippen LogP contribution in [0, 0.1) is 0 Å². The molecule has 0 saturated carbocycles. The van der Waals surface area contributed by atoms with Crippen molar-refractivity contribution in [3.63, 3.8) is 0 Å². The van der Waals surface area contributed by atoms with Gasteiger partial charge in [-0.15, -0.1) is 12.4 Å². The first-order valence-corrected chi connectivity index (χ1v) is 6.46. The normalized spacial score (nSPS) is 11.4. The van der Waals surface area contributed by atoms with E-state index in [9.17, 15) is 4.79 Å². The lowest BCUT2D eigenvalue weighted by atomic mass is 10.2. The Bertz CT molecular complexity index is 426. The topological polar surface area (TPSA) is 73.6 Å². The summed E-state index contributed by atoms with van der Waals surface area (Å²) in [6.45, 7) is 2.67. The predicted molar refractivity (Wildman–Crippen MR) is 83.0 cm³/mol. The van der Waals surface area contributed by atoms with Gasteiger partial charge in [0.05, 0.1) is 12.3 Å². The highest BCUT2D eigenvalue weighted by molar-refractivity contribution is 6.31. The highest BCUT2D eigenvalue weighted by atomic mass is 35.5. The molecule has 0 radical (unpaired) electrons. The summed E-state index contributed by atoms with van der Waals surface area (Å²) >= 11 is 5.92. The molecule has 5 nitrogen and oxygen atoms in total. The Kier molecular flexibility index (Phi) is 9.33. The maximum Gasteiger partial charge on any atom is 0.254 e. The molecule has 114 valence electrons. The summed E-state index contributed by atoms with van der Waals surface area (Å²) in [6, 6.07) is 5.06. The van der Waals surface area contributed by atoms with Gasteiger partial charge in [0.2, 0.25) is 0 Å². The summed E-state index contributed by atoms with van der Waals surface area (Å²) in [6.07, 6.45) is 0.178. The minimum atomic E-state index is -0.696. The van der Waals surface area contributed by atoms with Gasteiger partial charge in [-0.25, -0.2) is 0 Å². The maximum absolute atomic E-state index is 11.9. The Hall–Kier alpha value is -1.01. The average molecular weight is 323 g/mol. The van der Waals surface area contributed by atoms with Gasteiger partial charge in [-0.3, -0.25) is 4.79 Å². The van der Waals surface area contributed by atoms with Gasteiger partial charge < -0.3 is 20.5 Å². The number of carbonyl (C=O) groups is 1. The summed E-state index contributed by atoms with van der Waals surface area (Å²) in [5.74, 6) is 0.250. The van der Waals surface area contributed by atoms with E-state index in [4.69, 9.17) is 26.8 Å². The zero-order chi connectivity index (χ0) is 14.3. The molecule has 0 saturated heterocycles. The number of amides is 1. The molecule has 0 bridgehead atoms. The summed E-state index contributed by atoms with van der Waals surface area (Å²) < 4.78 is 10.5. The van der Waals surface area contributed by atoms with Crippen LogP contribution in [0.4, 0.5) is 5.69 Å². The zero-order valence-electron chi connectivity index (χ0n) is 11.5. The molecule has 1 unspecified atom stereocenters. The molecule has 1 atom stereocenters. The number of hydrogen-bond acceptors (Lipinski definition) is 4. The van der Waals surface area contributed by atoms with Crippen LogP contribution in [-0.4, -0.2) is 32.3 Å². The largest absolute Gasteiger partial charge is 0.491 e. The first-order valence-electron chi connectivity index (χ1n) is 6.08. The highest BCUT2D eigenvalue weighted by Gasteiger charge is 2.17. The summed E-state index contributed by atoms with van der Waals surface area (Å²) in [7, 11) is 1.43. The van der Waals surface area contributed by atoms with Crippen LogP contribution in [0.25, 0.3) is 0 Å². The number of methoxy groups -OCH3 is 1. The first-order chi connectivity index (χ1) is 9.12. The van der Waals surface area contributed by atoms with Crippen LogP contribution < -0.4 is 15.8 Å². The SMILES string of the molecule is CCCOc1ccc(Cl)cc1NC(=O)C(CN)OC.Cl. The summed E-state index contributed by atoms with van der Waals surface area (Å²) in [5.41, 5.74) is 5.96. The van der Waals surface area contributed by atoms with Crippen molar-refractivity contribution in [3.05, 3.63) is 23.2 Å². The van der Waals surface area contributed by atoms with Crippen molar-refractivity contribution in [2.45, 2.75) is 19.4 Å². The van der Waals surface area contributed by atoms with Gasteiger partial charge >= 0.3 is 0 Å². The number of ether oxygens (including phenoxy) is 2. The zero-order valence-corrected chi connectivity index (χ0v) is 13.1. The third-order valence-electron chi connectivity index (χ3n) is 2.45. The van der Waals surface area contributed by atoms with Crippen LogP contribution in [0.2, 0.25) is 5.02 Å². The smallest absolute Gasteiger partial charge is 0.254 e. The molecular weight excluding hydrogens is 303 g/mol. The third-order valence-corrected chi connectivity index (χ3v) is 2.69. The van der Waals surface area contributed by atoms with E-state index in [2.05, 4.69) is 5.32 Å². The van der Waals surface area contributed by atoms with E-state index < -0.39 is 6.10 Å². The molecule has 7 heteroatoms. The Morgan fingerprint density at radius 3 is 2.75 bits per heavy atom. The van der Waals surface area contributed by atoms with Crippen molar-refractivity contribution in [2.24, 2.45) is 5.73 Å². The second kappa shape index (κ2) is 9.83. The van der Waals surface area contributed by atoms with Crippen molar-refractivity contribution >= 4 is 35.6 Å². The second-order valence-electron chi connectivity index (χ2n) is 3.94. The van der Waals surface area contributed by atoms with Crippen LogP contribution in [0.1, 0.15) is 13.3 Å². The number of nitrogens with two attached hydrogens (primary N) is 1. The van der Waals surface area contributed by atoms with Gasteiger partial charge in [0.15, 0.2) is 0 Å². The third kappa shape index (κ3) is 5.54. The fourth-order valence-corrected chi connectivity index (χ4v) is 1.63. The monoisotopic (exact) mass is 322 g/mol. The Balaban J connectivity index is 0.00000361. The van der Waals surface area contributed by atoms with Gasteiger partial charge in [0.1, 0.15) is 11.9 Å². The van der Waals surface area contributed by atoms with Crippen molar-refractivity contribution in [3.8, 4) is 5.75 Å². The molecule has 1 aromatic rings. The first kappa shape index (κ1) is 19.0. The standard InChI is InChI=1S/C13H19ClN2O3.ClH/c1-3-6-19-11-5-4-9(14)7-10(11)16-13(17)12(8-15)18-2;/h4-5,7,12H,3,6,8,15H2,1-2H3,(H,16,17);1H. The predicted octanol–water partition coefficient (Wildman–Crippen LogP) is 2.46. The Morgan fingerprint density at radius 2 is 2.20 bits per heavy atom. The van der Waals surface area contributed by atoms with Gasteiger partial charge in [-0.05, 0) is 24.6 Å². The molecule has 0 aromatic heterocycles. The van der Waals surface area contributed by atoms with E-state index in [-0.39, 0.29) is 24.9 Å². The van der Waals surface area contributed by atoms with E-state index in [0.717, 1.165) is 6.42 Å². The van der Waals surface area contributed by atoms with Crippen molar-refractivity contribution in [2.75, 3.05) is 25.6 Å². The average Bonchev–Trinajstić information content (AvgIpc) is 2.39. The lowest BCUT2D eigenvalue weighted by molar-refractivity contribution is -0.125. The summed E-state index contributed by atoms with van der Waals surface area (Å²) in [4.78, 5) is 11.9.